The Labute approximate surface area is 103 Å². The standard InChI is InChI=1S/C12H18N2O2S/c1-9-5-6-12(11(3)10(9)2)13(4)17(15,16)14-7-8-14/h5-6H,7-8H2,1-4H3. The Morgan fingerprint density at radius 1 is 1.12 bits per heavy atom. The summed E-state index contributed by atoms with van der Waals surface area (Å²) in [6.07, 6.45) is 0. The smallest absolute Gasteiger partial charge is 0.260 e. The van der Waals surface area contributed by atoms with E-state index in [0.29, 0.717) is 13.1 Å². The van der Waals surface area contributed by atoms with E-state index >= 15 is 0 Å². The molecule has 1 aliphatic rings. The van der Waals surface area contributed by atoms with Gasteiger partial charge in [0.2, 0.25) is 0 Å². The van der Waals surface area contributed by atoms with Crippen LogP contribution < -0.4 is 4.31 Å². The van der Waals surface area contributed by atoms with E-state index in [0.717, 1.165) is 16.8 Å². The van der Waals surface area contributed by atoms with Crippen LogP contribution in [-0.4, -0.2) is 32.9 Å². The highest BCUT2D eigenvalue weighted by Gasteiger charge is 2.35. The van der Waals surface area contributed by atoms with Crippen molar-refractivity contribution in [3.63, 3.8) is 0 Å². The zero-order valence-electron chi connectivity index (χ0n) is 10.7. The molecule has 1 heterocycles. The first kappa shape index (κ1) is 12.4. The largest absolute Gasteiger partial charge is 0.303 e. The highest BCUT2D eigenvalue weighted by atomic mass is 32.2. The number of benzene rings is 1. The zero-order valence-corrected chi connectivity index (χ0v) is 11.5. The molecule has 0 unspecified atom stereocenters. The maximum Gasteiger partial charge on any atom is 0.303 e. The van der Waals surface area contributed by atoms with E-state index in [-0.39, 0.29) is 0 Å². The molecule has 2 rings (SSSR count). The third-order valence-corrected chi connectivity index (χ3v) is 5.35. The van der Waals surface area contributed by atoms with Crippen LogP contribution in [0.3, 0.4) is 0 Å². The van der Waals surface area contributed by atoms with Gasteiger partial charge >= 0.3 is 10.2 Å². The summed E-state index contributed by atoms with van der Waals surface area (Å²) < 4.78 is 27.0. The van der Waals surface area contributed by atoms with Crippen molar-refractivity contribution in [2.75, 3.05) is 24.4 Å². The maximum absolute atomic E-state index is 12.1. The molecule has 0 spiro atoms. The summed E-state index contributed by atoms with van der Waals surface area (Å²) in [7, 11) is -1.69. The van der Waals surface area contributed by atoms with E-state index in [1.165, 1.54) is 14.2 Å². The Bertz CT molecular complexity index is 548. The van der Waals surface area contributed by atoms with E-state index < -0.39 is 10.2 Å². The van der Waals surface area contributed by atoms with Crippen LogP contribution in [0.2, 0.25) is 0 Å². The van der Waals surface area contributed by atoms with E-state index in [1.807, 2.05) is 32.9 Å². The molecule has 17 heavy (non-hydrogen) atoms. The molecular formula is C12H18N2O2S. The molecule has 0 saturated carbocycles. The van der Waals surface area contributed by atoms with Crippen molar-refractivity contribution >= 4 is 15.9 Å². The summed E-state index contributed by atoms with van der Waals surface area (Å²) in [4.78, 5) is 0. The van der Waals surface area contributed by atoms with E-state index in [9.17, 15) is 8.42 Å². The molecule has 0 N–H and O–H groups in total. The Morgan fingerprint density at radius 2 is 1.71 bits per heavy atom. The van der Waals surface area contributed by atoms with E-state index in [1.54, 1.807) is 7.05 Å². The fraction of sp³-hybridized carbons (Fsp3) is 0.500. The summed E-state index contributed by atoms with van der Waals surface area (Å²) in [6.45, 7) is 7.29. The molecular weight excluding hydrogens is 236 g/mol. The van der Waals surface area contributed by atoms with Crippen molar-refractivity contribution in [2.24, 2.45) is 0 Å². The Balaban J connectivity index is 2.44. The summed E-state index contributed by atoms with van der Waals surface area (Å²) in [5.41, 5.74) is 4.12. The quantitative estimate of drug-likeness (QED) is 0.769. The van der Waals surface area contributed by atoms with Crippen molar-refractivity contribution < 1.29 is 8.42 Å². The van der Waals surface area contributed by atoms with Crippen molar-refractivity contribution in [1.82, 2.24) is 4.31 Å². The van der Waals surface area contributed by atoms with E-state index in [4.69, 9.17) is 0 Å². The predicted octanol–water partition coefficient (Wildman–Crippen LogP) is 1.61. The first-order chi connectivity index (χ1) is 7.85. The zero-order chi connectivity index (χ0) is 12.8. The molecule has 94 valence electrons. The van der Waals surface area contributed by atoms with Crippen molar-refractivity contribution in [1.29, 1.82) is 0 Å². The summed E-state index contributed by atoms with van der Waals surface area (Å²) >= 11 is 0. The minimum Gasteiger partial charge on any atom is -0.260 e. The summed E-state index contributed by atoms with van der Waals surface area (Å²) in [5.74, 6) is 0. The van der Waals surface area contributed by atoms with Crippen LogP contribution >= 0.6 is 0 Å². The van der Waals surface area contributed by atoms with Gasteiger partial charge < -0.3 is 0 Å². The third-order valence-electron chi connectivity index (χ3n) is 3.45. The molecule has 0 atom stereocenters. The van der Waals surface area contributed by atoms with Crippen LogP contribution in [-0.2, 0) is 10.2 Å². The number of nitrogens with zero attached hydrogens (tertiary/aromatic N) is 2. The lowest BCUT2D eigenvalue weighted by atomic mass is 10.0. The van der Waals surface area contributed by atoms with Gasteiger partial charge in [0.15, 0.2) is 0 Å². The Morgan fingerprint density at radius 3 is 2.24 bits per heavy atom. The van der Waals surface area contributed by atoms with Crippen molar-refractivity contribution in [2.45, 2.75) is 20.8 Å². The van der Waals surface area contributed by atoms with Crippen LogP contribution in [0.1, 0.15) is 16.7 Å². The number of anilines is 1. The molecule has 5 heteroatoms. The van der Waals surface area contributed by atoms with Crippen LogP contribution in [0.5, 0.6) is 0 Å². The lowest BCUT2D eigenvalue weighted by Crippen LogP contribution is -2.32. The molecule has 1 saturated heterocycles. The van der Waals surface area contributed by atoms with Gasteiger partial charge in [-0.05, 0) is 43.5 Å². The highest BCUT2D eigenvalue weighted by molar-refractivity contribution is 7.90. The lowest BCUT2D eigenvalue weighted by Gasteiger charge is -2.23. The molecule has 0 amide bonds. The molecule has 0 aromatic heterocycles. The second kappa shape index (κ2) is 3.99. The van der Waals surface area contributed by atoms with Gasteiger partial charge in [0.05, 0.1) is 5.69 Å². The van der Waals surface area contributed by atoms with Crippen molar-refractivity contribution in [3.05, 3.63) is 28.8 Å². The second-order valence-electron chi connectivity index (χ2n) is 4.53. The topological polar surface area (TPSA) is 40.4 Å². The minimum absolute atomic E-state index is 0.635. The lowest BCUT2D eigenvalue weighted by molar-refractivity contribution is 0.561. The average Bonchev–Trinajstić information content (AvgIpc) is 3.09. The van der Waals surface area contributed by atoms with Gasteiger partial charge in [0.25, 0.3) is 0 Å². The van der Waals surface area contributed by atoms with Crippen LogP contribution in [0.4, 0.5) is 5.69 Å². The summed E-state index contributed by atoms with van der Waals surface area (Å²) in [6, 6.07) is 3.84. The highest BCUT2D eigenvalue weighted by Crippen LogP contribution is 2.28. The Kier molecular flexibility index (Phi) is 2.91. The number of rotatable bonds is 3. The summed E-state index contributed by atoms with van der Waals surface area (Å²) in [5, 5.41) is 0. The van der Waals surface area contributed by atoms with Gasteiger partial charge in [-0.15, -0.1) is 0 Å². The molecule has 1 fully saturated rings. The average molecular weight is 254 g/mol. The fourth-order valence-electron chi connectivity index (χ4n) is 1.85. The fourth-order valence-corrected chi connectivity index (χ4v) is 3.19. The first-order valence-electron chi connectivity index (χ1n) is 5.66. The molecule has 1 aromatic rings. The number of hydrogen-bond acceptors (Lipinski definition) is 2. The molecule has 1 aromatic carbocycles. The third kappa shape index (κ3) is 2.05. The maximum atomic E-state index is 12.1. The molecule has 4 nitrogen and oxygen atoms in total. The molecule has 0 bridgehead atoms. The van der Waals surface area contributed by atoms with Crippen molar-refractivity contribution in [3.8, 4) is 0 Å². The molecule has 0 radical (unpaired) electrons. The van der Waals surface area contributed by atoms with Crippen LogP contribution in [0, 0.1) is 20.8 Å². The normalized spacial score (nSPS) is 16.0. The van der Waals surface area contributed by atoms with Gasteiger partial charge in [-0.1, -0.05) is 6.07 Å². The van der Waals surface area contributed by atoms with Crippen LogP contribution in [0.25, 0.3) is 0 Å². The SMILES string of the molecule is Cc1ccc(N(C)S(=O)(=O)N2CC2)c(C)c1C. The minimum atomic E-state index is -3.30. The Hall–Kier alpha value is -1.07. The van der Waals surface area contributed by atoms with Gasteiger partial charge in [-0.3, -0.25) is 4.31 Å². The van der Waals surface area contributed by atoms with Gasteiger partial charge in [-0.25, -0.2) is 0 Å². The monoisotopic (exact) mass is 254 g/mol. The first-order valence-corrected chi connectivity index (χ1v) is 7.06. The van der Waals surface area contributed by atoms with Gasteiger partial charge in [-0.2, -0.15) is 12.7 Å². The number of hydrogen-bond donors (Lipinski definition) is 0. The van der Waals surface area contributed by atoms with E-state index in [2.05, 4.69) is 0 Å². The van der Waals surface area contributed by atoms with Crippen LogP contribution in [0.15, 0.2) is 12.1 Å². The molecule has 0 aliphatic carbocycles. The predicted molar refractivity (Wildman–Crippen MR) is 69.5 cm³/mol. The number of aryl methyl sites for hydroxylation is 1. The second-order valence-corrected chi connectivity index (χ2v) is 6.49. The molecule has 1 aliphatic heterocycles. The van der Waals surface area contributed by atoms with Gasteiger partial charge in [0, 0.05) is 20.1 Å². The van der Waals surface area contributed by atoms with Gasteiger partial charge in [0.1, 0.15) is 0 Å².